The van der Waals surface area contributed by atoms with Crippen molar-refractivity contribution >= 4 is 43.6 Å². The minimum absolute atomic E-state index is 0.570. The Balaban J connectivity index is 0.846. The summed E-state index contributed by atoms with van der Waals surface area (Å²) in [6.07, 6.45) is 9.34. The molecule has 5 heterocycles. The Labute approximate surface area is 383 Å². The largest absolute Gasteiger partial charge is 0.457 e. The molecule has 0 atom stereocenters. The van der Waals surface area contributed by atoms with Crippen molar-refractivity contribution in [3.8, 4) is 57.1 Å². The lowest BCUT2D eigenvalue weighted by atomic mass is 10.0. The second kappa shape index (κ2) is 17.1. The van der Waals surface area contributed by atoms with Crippen LogP contribution in [-0.2, 0) is 12.8 Å². The molecule has 8 nitrogen and oxygen atoms in total. The number of rotatable bonds is 12. The van der Waals surface area contributed by atoms with Crippen molar-refractivity contribution in [1.29, 1.82) is 0 Å². The Morgan fingerprint density at radius 1 is 0.394 bits per heavy atom. The fourth-order valence-corrected chi connectivity index (χ4v) is 9.22. The molecule has 0 amide bonds. The van der Waals surface area contributed by atoms with Crippen LogP contribution in [0, 0.1) is 11.8 Å². The smallest absolute Gasteiger partial charge is 0.137 e. The molecule has 0 N–H and O–H groups in total. The molecule has 0 aliphatic rings. The van der Waals surface area contributed by atoms with Crippen LogP contribution >= 0.6 is 0 Å². The lowest BCUT2D eigenvalue weighted by molar-refractivity contribution is 0.483. The van der Waals surface area contributed by atoms with E-state index in [1.165, 1.54) is 21.9 Å². The van der Waals surface area contributed by atoms with Gasteiger partial charge in [0.1, 0.15) is 34.6 Å². The molecule has 0 fully saturated rings. The predicted octanol–water partition coefficient (Wildman–Crippen LogP) is 14.8. The van der Waals surface area contributed by atoms with Crippen LogP contribution in [0.15, 0.2) is 183 Å². The highest BCUT2D eigenvalue weighted by Crippen LogP contribution is 2.38. The van der Waals surface area contributed by atoms with E-state index < -0.39 is 0 Å². The molecular weight excluding hydrogens is 813 g/mol. The number of hydrogen-bond donors (Lipinski definition) is 0. The van der Waals surface area contributed by atoms with E-state index in [-0.39, 0.29) is 0 Å². The van der Waals surface area contributed by atoms with Gasteiger partial charge in [0, 0.05) is 57.2 Å². The zero-order chi connectivity index (χ0) is 44.7. The third-order valence-corrected chi connectivity index (χ3v) is 12.0. The molecule has 0 aliphatic carbocycles. The van der Waals surface area contributed by atoms with Gasteiger partial charge in [0.2, 0.25) is 0 Å². The molecule has 0 aliphatic heterocycles. The van der Waals surface area contributed by atoms with Crippen LogP contribution in [0.2, 0.25) is 0 Å². The number of benzene rings is 6. The molecular formula is C58H48N6O2. The number of pyridine rings is 2. The summed E-state index contributed by atoms with van der Waals surface area (Å²) in [6.45, 7) is 9.03. The monoisotopic (exact) mass is 860 g/mol. The van der Waals surface area contributed by atoms with Crippen molar-refractivity contribution < 1.29 is 9.47 Å². The molecule has 0 spiro atoms. The quantitative estimate of drug-likeness (QED) is 0.122. The summed E-state index contributed by atoms with van der Waals surface area (Å²) in [4.78, 5) is 19.2. The van der Waals surface area contributed by atoms with Crippen molar-refractivity contribution in [1.82, 2.24) is 29.1 Å². The Bertz CT molecular complexity index is 3300. The van der Waals surface area contributed by atoms with Gasteiger partial charge in [0.05, 0.1) is 45.8 Å². The number of ether oxygens (including phenoxy) is 2. The maximum Gasteiger partial charge on any atom is 0.137 e. The lowest BCUT2D eigenvalue weighted by Gasteiger charge is -2.11. The van der Waals surface area contributed by atoms with Gasteiger partial charge in [0.15, 0.2) is 0 Å². The van der Waals surface area contributed by atoms with Gasteiger partial charge in [-0.25, -0.2) is 9.97 Å². The highest BCUT2D eigenvalue weighted by atomic mass is 16.5. The molecule has 66 heavy (non-hydrogen) atoms. The Morgan fingerprint density at radius 3 is 1.26 bits per heavy atom. The van der Waals surface area contributed by atoms with E-state index in [0.29, 0.717) is 23.3 Å². The molecule has 0 unspecified atom stereocenters. The minimum Gasteiger partial charge on any atom is -0.457 e. The highest BCUT2D eigenvalue weighted by molar-refractivity contribution is 6.10. The fourth-order valence-electron chi connectivity index (χ4n) is 9.22. The van der Waals surface area contributed by atoms with Gasteiger partial charge < -0.3 is 9.47 Å². The first kappa shape index (κ1) is 40.7. The molecule has 0 radical (unpaired) electrons. The summed E-state index contributed by atoms with van der Waals surface area (Å²) in [5.74, 6) is 5.75. The summed E-state index contributed by atoms with van der Waals surface area (Å²) in [6, 6.07) is 54.2. The van der Waals surface area contributed by atoms with E-state index in [9.17, 15) is 0 Å². The molecule has 5 aromatic heterocycles. The van der Waals surface area contributed by atoms with Crippen LogP contribution in [0.5, 0.6) is 23.0 Å². The summed E-state index contributed by atoms with van der Waals surface area (Å²) in [5.41, 5.74) is 10.3. The number of aromatic nitrogens is 6. The normalized spacial score (nSPS) is 11.7. The van der Waals surface area contributed by atoms with Gasteiger partial charge >= 0.3 is 0 Å². The van der Waals surface area contributed by atoms with Crippen LogP contribution in [0.1, 0.15) is 38.8 Å². The van der Waals surface area contributed by atoms with Crippen LogP contribution in [0.3, 0.4) is 0 Å². The summed E-state index contributed by atoms with van der Waals surface area (Å²) >= 11 is 0. The van der Waals surface area contributed by atoms with Crippen molar-refractivity contribution in [3.05, 3.63) is 194 Å². The third kappa shape index (κ3) is 7.91. The van der Waals surface area contributed by atoms with Crippen molar-refractivity contribution in [2.75, 3.05) is 0 Å². The van der Waals surface area contributed by atoms with Crippen LogP contribution in [0.4, 0.5) is 0 Å². The van der Waals surface area contributed by atoms with E-state index in [0.717, 1.165) is 91.3 Å². The molecule has 11 aromatic rings. The average molecular weight is 861 g/mol. The lowest BCUT2D eigenvalue weighted by Crippen LogP contribution is -1.97. The van der Waals surface area contributed by atoms with Crippen LogP contribution in [-0.4, -0.2) is 29.1 Å². The van der Waals surface area contributed by atoms with Gasteiger partial charge in [-0.05, 0) is 133 Å². The second-order valence-electron chi connectivity index (χ2n) is 17.9. The fraction of sp³-hybridized carbons (Fsp3) is 0.138. The first-order valence-electron chi connectivity index (χ1n) is 22.7. The predicted molar refractivity (Wildman–Crippen MR) is 267 cm³/mol. The zero-order valence-electron chi connectivity index (χ0n) is 37.4. The molecule has 11 rings (SSSR count). The highest BCUT2D eigenvalue weighted by Gasteiger charge is 2.18. The Morgan fingerprint density at radius 2 is 0.848 bits per heavy atom. The molecule has 322 valence electrons. The van der Waals surface area contributed by atoms with Crippen molar-refractivity contribution in [2.45, 2.75) is 40.5 Å². The standard InChI is InChI=1S/C58H48N6O2/c1-37(2)27-39-17-23-53-49(29-39)47-21-19-45(33-55(47)63(53)57-15-5-7-25-59-57)65-43-13-9-11-41(31-43)51-35-62-52(36-61-51)42-12-10-14-44(32-42)66-46-20-22-48-50-30-40(28-38(3)4)18-24-54(50)64(56(48)34-46)58-16-6-8-26-60-58/h5-26,29-38H,27-28H2,1-4H3. The molecule has 8 heteroatoms. The van der Waals surface area contributed by atoms with Crippen molar-refractivity contribution in [2.24, 2.45) is 11.8 Å². The van der Waals surface area contributed by atoms with E-state index in [1.807, 2.05) is 122 Å². The second-order valence-corrected chi connectivity index (χ2v) is 17.9. The molecule has 6 aromatic carbocycles. The van der Waals surface area contributed by atoms with E-state index >= 15 is 0 Å². The number of fused-ring (bicyclic) bond motifs is 6. The Kier molecular flexibility index (Phi) is 10.5. The van der Waals surface area contributed by atoms with E-state index in [2.05, 4.69) is 97.5 Å². The van der Waals surface area contributed by atoms with Crippen LogP contribution in [0.25, 0.3) is 77.8 Å². The molecule has 0 saturated heterocycles. The summed E-state index contributed by atoms with van der Waals surface area (Å²) in [5, 5.41) is 4.73. The maximum atomic E-state index is 6.55. The van der Waals surface area contributed by atoms with Gasteiger partial charge in [-0.3, -0.25) is 19.1 Å². The van der Waals surface area contributed by atoms with Gasteiger partial charge in [-0.2, -0.15) is 0 Å². The van der Waals surface area contributed by atoms with Crippen LogP contribution < -0.4 is 9.47 Å². The summed E-state index contributed by atoms with van der Waals surface area (Å²) in [7, 11) is 0. The van der Waals surface area contributed by atoms with E-state index in [4.69, 9.17) is 29.4 Å². The van der Waals surface area contributed by atoms with Gasteiger partial charge in [-0.15, -0.1) is 0 Å². The van der Waals surface area contributed by atoms with Gasteiger partial charge in [-0.1, -0.05) is 76.2 Å². The maximum absolute atomic E-state index is 6.55. The molecule has 0 saturated carbocycles. The molecule has 0 bridgehead atoms. The SMILES string of the molecule is CC(C)Cc1ccc2c(c1)c1ccc(Oc3cccc(-c4cnc(-c5cccc(Oc6ccc7c8cc(CC(C)C)ccc8n(-c8ccccn8)c7c6)c5)cn4)c3)cc1n2-c1ccccn1. The Hall–Kier alpha value is -8.10. The third-order valence-electron chi connectivity index (χ3n) is 12.0. The topological polar surface area (TPSA) is 79.9 Å². The first-order valence-corrected chi connectivity index (χ1v) is 22.7. The average Bonchev–Trinajstić information content (AvgIpc) is 3.83. The number of nitrogens with zero attached hydrogens (tertiary/aromatic N) is 6. The minimum atomic E-state index is 0.570. The van der Waals surface area contributed by atoms with Crippen molar-refractivity contribution in [3.63, 3.8) is 0 Å². The van der Waals surface area contributed by atoms with Gasteiger partial charge in [0.25, 0.3) is 0 Å². The van der Waals surface area contributed by atoms with E-state index in [1.54, 1.807) is 0 Å². The zero-order valence-corrected chi connectivity index (χ0v) is 37.4. The number of hydrogen-bond acceptors (Lipinski definition) is 6. The summed E-state index contributed by atoms with van der Waals surface area (Å²) < 4.78 is 17.5. The first-order chi connectivity index (χ1) is 32.3.